The molecule has 0 aromatic heterocycles. The van der Waals surface area contributed by atoms with E-state index in [0.29, 0.717) is 13.2 Å². The Hall–Kier alpha value is -1.10. The third-order valence-electron chi connectivity index (χ3n) is 2.40. The van der Waals surface area contributed by atoms with Crippen molar-refractivity contribution >= 4 is 20.7 Å². The summed E-state index contributed by atoms with van der Waals surface area (Å²) in [7, 11) is -2.90. The van der Waals surface area contributed by atoms with Crippen molar-refractivity contribution in [3.05, 3.63) is 0 Å². The van der Waals surface area contributed by atoms with Gasteiger partial charge in [-0.25, -0.2) is 19.6 Å². The first-order valence-corrected chi connectivity index (χ1v) is 7.47. The third kappa shape index (κ3) is 4.00. The zero-order valence-corrected chi connectivity index (χ0v) is 11.6. The van der Waals surface area contributed by atoms with Gasteiger partial charge in [-0.1, -0.05) is 0 Å². The Labute approximate surface area is 102 Å². The Morgan fingerprint density at radius 2 is 1.35 bits per heavy atom. The Kier molecular flexibility index (Phi) is 7.53. The average molecular weight is 258 g/mol. The summed E-state index contributed by atoms with van der Waals surface area (Å²) in [6, 6.07) is 0. The quantitative estimate of drug-likeness (QED) is 0.370. The first-order chi connectivity index (χ1) is 8.08. The monoisotopic (exact) mass is 258 g/mol. The van der Waals surface area contributed by atoms with Gasteiger partial charge in [0.25, 0.3) is 0 Å². The van der Waals surface area contributed by atoms with E-state index in [1.807, 2.05) is 13.8 Å². The molecule has 0 amide bonds. The molecule has 0 rings (SSSR count). The van der Waals surface area contributed by atoms with Gasteiger partial charge in [0, 0.05) is 13.2 Å². The molecule has 0 aromatic rings. The van der Waals surface area contributed by atoms with Gasteiger partial charge in [-0.2, -0.15) is 0 Å². The van der Waals surface area contributed by atoms with Gasteiger partial charge in [0.05, 0.1) is 0 Å². The number of rotatable bonds is 8. The predicted octanol–water partition coefficient (Wildman–Crippen LogP) is 1.03. The van der Waals surface area contributed by atoms with Crippen molar-refractivity contribution in [3.63, 3.8) is 0 Å². The van der Waals surface area contributed by atoms with E-state index in [4.69, 9.17) is 8.85 Å². The van der Waals surface area contributed by atoms with Crippen molar-refractivity contribution in [1.29, 1.82) is 0 Å². The standard InChI is InChI=1S/C10H18N2O4Si/c1-5-15-17(16-6-2,9(3)11-7-13)10(4)12-8-14/h9-10H,5-6H2,1-4H3. The van der Waals surface area contributed by atoms with Crippen LogP contribution in [-0.2, 0) is 18.4 Å². The first-order valence-electron chi connectivity index (χ1n) is 5.50. The number of hydrogen-bond acceptors (Lipinski definition) is 6. The molecule has 0 aromatic carbocycles. The summed E-state index contributed by atoms with van der Waals surface area (Å²) in [6.07, 6.45) is 2.99. The molecule has 0 radical (unpaired) electrons. The molecule has 0 N–H and O–H groups in total. The Morgan fingerprint density at radius 1 is 1.00 bits per heavy atom. The summed E-state index contributed by atoms with van der Waals surface area (Å²) in [5.74, 6) is 0. The molecule has 0 saturated carbocycles. The highest BCUT2D eigenvalue weighted by Gasteiger charge is 2.50. The number of hydrogen-bond donors (Lipinski definition) is 0. The van der Waals surface area contributed by atoms with E-state index in [9.17, 15) is 9.59 Å². The lowest BCUT2D eigenvalue weighted by molar-refractivity contribution is 0.167. The molecule has 0 aliphatic carbocycles. The Morgan fingerprint density at radius 3 is 1.59 bits per heavy atom. The fourth-order valence-corrected chi connectivity index (χ4v) is 4.78. The van der Waals surface area contributed by atoms with Crippen LogP contribution in [0.15, 0.2) is 9.98 Å². The van der Waals surface area contributed by atoms with Crippen molar-refractivity contribution in [3.8, 4) is 0 Å². The molecule has 2 atom stereocenters. The van der Waals surface area contributed by atoms with E-state index in [1.54, 1.807) is 13.8 Å². The summed E-state index contributed by atoms with van der Waals surface area (Å²) in [6.45, 7) is 7.86. The van der Waals surface area contributed by atoms with Gasteiger partial charge in [0.15, 0.2) is 0 Å². The molecule has 0 heterocycles. The van der Waals surface area contributed by atoms with Gasteiger partial charge >= 0.3 is 8.56 Å². The minimum atomic E-state index is -2.90. The van der Waals surface area contributed by atoms with Crippen LogP contribution >= 0.6 is 0 Å². The molecule has 6 nitrogen and oxygen atoms in total. The van der Waals surface area contributed by atoms with Crippen molar-refractivity contribution in [1.82, 2.24) is 0 Å². The Balaban J connectivity index is 5.36. The van der Waals surface area contributed by atoms with E-state index in [2.05, 4.69) is 9.98 Å². The third-order valence-corrected chi connectivity index (χ3v) is 6.46. The summed E-state index contributed by atoms with van der Waals surface area (Å²) in [5, 5.41) is 0. The molecule has 0 spiro atoms. The van der Waals surface area contributed by atoms with Crippen LogP contribution in [0.5, 0.6) is 0 Å². The van der Waals surface area contributed by atoms with Crippen LogP contribution in [0, 0.1) is 0 Å². The van der Waals surface area contributed by atoms with Gasteiger partial charge in [-0.15, -0.1) is 0 Å². The van der Waals surface area contributed by atoms with Gasteiger partial charge in [-0.05, 0) is 27.7 Å². The van der Waals surface area contributed by atoms with E-state index < -0.39 is 19.9 Å². The van der Waals surface area contributed by atoms with Gasteiger partial charge < -0.3 is 8.85 Å². The minimum absolute atomic E-state index is 0.406. The fraction of sp³-hybridized carbons (Fsp3) is 0.800. The summed E-state index contributed by atoms with van der Waals surface area (Å²) in [4.78, 5) is 28.0. The van der Waals surface area contributed by atoms with Crippen LogP contribution in [0.2, 0.25) is 0 Å². The number of aliphatic imine (C=N–C) groups is 2. The maximum absolute atomic E-state index is 10.4. The van der Waals surface area contributed by atoms with Crippen LogP contribution in [-0.4, -0.2) is 45.3 Å². The molecule has 96 valence electrons. The van der Waals surface area contributed by atoms with Crippen LogP contribution in [0.4, 0.5) is 0 Å². The normalized spacial score (nSPS) is 14.4. The molecule has 0 bridgehead atoms. The summed E-state index contributed by atoms with van der Waals surface area (Å²) >= 11 is 0. The number of isocyanates is 2. The van der Waals surface area contributed by atoms with E-state index in [0.717, 1.165) is 0 Å². The summed E-state index contributed by atoms with van der Waals surface area (Å²) < 4.78 is 11.3. The first kappa shape index (κ1) is 15.9. The Bertz CT molecular complexity index is 292. The topological polar surface area (TPSA) is 77.3 Å². The van der Waals surface area contributed by atoms with Crippen LogP contribution < -0.4 is 0 Å². The molecule has 2 unspecified atom stereocenters. The van der Waals surface area contributed by atoms with Gasteiger partial charge in [-0.3, -0.25) is 0 Å². The minimum Gasteiger partial charge on any atom is -0.392 e. The smallest absolute Gasteiger partial charge is 0.390 e. The SMILES string of the molecule is CCO[Si](OCC)(C(C)N=C=O)C(C)N=C=O. The van der Waals surface area contributed by atoms with Gasteiger partial charge in [0.2, 0.25) is 12.2 Å². The maximum Gasteiger partial charge on any atom is 0.390 e. The summed E-state index contributed by atoms with van der Waals surface area (Å²) in [5.41, 5.74) is -0.959. The average Bonchev–Trinajstić information content (AvgIpc) is 2.29. The second-order valence-corrected chi connectivity index (χ2v) is 7.07. The molecule has 0 fully saturated rings. The number of nitrogens with zero attached hydrogens (tertiary/aromatic N) is 2. The molecular formula is C10H18N2O4Si. The van der Waals surface area contributed by atoms with Crippen LogP contribution in [0.1, 0.15) is 27.7 Å². The van der Waals surface area contributed by atoms with Crippen LogP contribution in [0.3, 0.4) is 0 Å². The fourth-order valence-electron chi connectivity index (χ4n) is 1.66. The second-order valence-electron chi connectivity index (χ2n) is 3.38. The zero-order chi connectivity index (χ0) is 13.3. The van der Waals surface area contributed by atoms with Gasteiger partial charge in [0.1, 0.15) is 11.3 Å². The lowest BCUT2D eigenvalue weighted by Crippen LogP contribution is -2.59. The molecule has 0 aliphatic heterocycles. The molecule has 17 heavy (non-hydrogen) atoms. The highest BCUT2D eigenvalue weighted by molar-refractivity contribution is 6.70. The second kappa shape index (κ2) is 8.06. The molecular weight excluding hydrogens is 240 g/mol. The molecule has 0 aliphatic rings. The van der Waals surface area contributed by atoms with Crippen LogP contribution in [0.25, 0.3) is 0 Å². The molecule has 7 heteroatoms. The lowest BCUT2D eigenvalue weighted by atomic mass is 10.7. The molecule has 0 saturated heterocycles. The van der Waals surface area contributed by atoms with Crippen molar-refractivity contribution in [2.24, 2.45) is 9.98 Å². The van der Waals surface area contributed by atoms with Crippen molar-refractivity contribution < 1.29 is 18.4 Å². The van der Waals surface area contributed by atoms with E-state index >= 15 is 0 Å². The highest BCUT2D eigenvalue weighted by Crippen LogP contribution is 2.22. The maximum atomic E-state index is 10.4. The van der Waals surface area contributed by atoms with E-state index in [-0.39, 0.29) is 0 Å². The van der Waals surface area contributed by atoms with E-state index in [1.165, 1.54) is 12.2 Å². The lowest BCUT2D eigenvalue weighted by Gasteiger charge is -2.34. The highest BCUT2D eigenvalue weighted by atomic mass is 28.4. The van der Waals surface area contributed by atoms with Crippen molar-refractivity contribution in [2.75, 3.05) is 13.2 Å². The predicted molar refractivity (Wildman–Crippen MR) is 64.2 cm³/mol. The number of carbonyl (C=O) groups excluding carboxylic acids is 2. The van der Waals surface area contributed by atoms with Crippen molar-refractivity contribution in [2.45, 2.75) is 39.0 Å². The zero-order valence-electron chi connectivity index (χ0n) is 10.6. The largest absolute Gasteiger partial charge is 0.392 e.